The number of hydrogen-bond donors (Lipinski definition) is 1. The maximum atomic E-state index is 11.3. The van der Waals surface area contributed by atoms with Gasteiger partial charge in [0.15, 0.2) is 0 Å². The second kappa shape index (κ2) is 6.21. The molecular formula is C13H14ClNO3S. The first-order valence-corrected chi connectivity index (χ1v) is 7.73. The van der Waals surface area contributed by atoms with Gasteiger partial charge in [-0.05, 0) is 23.8 Å². The van der Waals surface area contributed by atoms with Gasteiger partial charge >= 0.3 is 5.97 Å². The van der Waals surface area contributed by atoms with E-state index in [9.17, 15) is 9.00 Å². The fraction of sp³-hybridized carbons (Fsp3) is 0.308. The van der Waals surface area contributed by atoms with Crippen LogP contribution in [-0.2, 0) is 15.6 Å². The fourth-order valence-corrected chi connectivity index (χ4v) is 3.29. The number of nitrogens with zero attached hydrogens (tertiary/aromatic N) is 1. The smallest absolute Gasteiger partial charge is 0.328 e. The highest BCUT2D eigenvalue weighted by molar-refractivity contribution is 7.85. The Morgan fingerprint density at radius 3 is 2.63 bits per heavy atom. The number of anilines is 1. The van der Waals surface area contributed by atoms with Crippen LogP contribution in [0.2, 0.25) is 5.02 Å². The summed E-state index contributed by atoms with van der Waals surface area (Å²) in [6, 6.07) is 5.44. The second-order valence-corrected chi connectivity index (χ2v) is 6.32. The van der Waals surface area contributed by atoms with Crippen molar-refractivity contribution in [2.45, 2.75) is 0 Å². The van der Waals surface area contributed by atoms with Crippen LogP contribution in [0.1, 0.15) is 5.56 Å². The van der Waals surface area contributed by atoms with Crippen LogP contribution >= 0.6 is 11.6 Å². The Morgan fingerprint density at radius 1 is 1.37 bits per heavy atom. The van der Waals surface area contributed by atoms with E-state index in [1.807, 2.05) is 12.1 Å². The van der Waals surface area contributed by atoms with Crippen LogP contribution in [0.25, 0.3) is 6.08 Å². The molecule has 1 N–H and O–H groups in total. The van der Waals surface area contributed by atoms with Crippen LogP contribution in [0.15, 0.2) is 24.3 Å². The molecule has 1 aromatic rings. The highest BCUT2D eigenvalue weighted by Crippen LogP contribution is 2.28. The average molecular weight is 300 g/mol. The third-order valence-electron chi connectivity index (χ3n) is 2.91. The maximum Gasteiger partial charge on any atom is 0.328 e. The van der Waals surface area contributed by atoms with Gasteiger partial charge in [0.05, 0.1) is 10.7 Å². The Kier molecular flexibility index (Phi) is 4.61. The van der Waals surface area contributed by atoms with Crippen LogP contribution < -0.4 is 4.90 Å². The SMILES string of the molecule is O=C(O)/C=C/c1ccc(N2CCS(=O)CC2)c(Cl)c1. The zero-order chi connectivity index (χ0) is 13.8. The molecule has 0 amide bonds. The van der Waals surface area contributed by atoms with Crippen molar-refractivity contribution in [1.29, 1.82) is 0 Å². The van der Waals surface area contributed by atoms with E-state index >= 15 is 0 Å². The molecule has 0 aliphatic carbocycles. The molecule has 1 saturated heterocycles. The molecule has 19 heavy (non-hydrogen) atoms. The van der Waals surface area contributed by atoms with Crippen molar-refractivity contribution < 1.29 is 14.1 Å². The van der Waals surface area contributed by atoms with E-state index in [1.54, 1.807) is 6.07 Å². The van der Waals surface area contributed by atoms with Gasteiger partial charge in [-0.3, -0.25) is 4.21 Å². The Labute approximate surface area is 119 Å². The van der Waals surface area contributed by atoms with Gasteiger partial charge in [-0.15, -0.1) is 0 Å². The van der Waals surface area contributed by atoms with E-state index in [0.717, 1.165) is 30.4 Å². The highest BCUT2D eigenvalue weighted by Gasteiger charge is 2.17. The minimum absolute atomic E-state index is 0.584. The lowest BCUT2D eigenvalue weighted by atomic mass is 10.1. The molecule has 0 aromatic heterocycles. The van der Waals surface area contributed by atoms with Crippen molar-refractivity contribution in [2.75, 3.05) is 29.5 Å². The van der Waals surface area contributed by atoms with Gasteiger partial charge in [0.1, 0.15) is 0 Å². The molecule has 2 rings (SSSR count). The predicted molar refractivity (Wildman–Crippen MR) is 78.2 cm³/mol. The molecular weight excluding hydrogens is 286 g/mol. The average Bonchev–Trinajstić information content (AvgIpc) is 2.38. The molecule has 0 atom stereocenters. The fourth-order valence-electron chi connectivity index (χ4n) is 1.93. The summed E-state index contributed by atoms with van der Waals surface area (Å²) in [7, 11) is -0.715. The minimum Gasteiger partial charge on any atom is -0.478 e. The molecule has 4 nitrogen and oxygen atoms in total. The molecule has 1 fully saturated rings. The Bertz CT molecular complexity index is 535. The monoisotopic (exact) mass is 299 g/mol. The van der Waals surface area contributed by atoms with Crippen molar-refractivity contribution in [3.8, 4) is 0 Å². The normalized spacial score (nSPS) is 17.0. The summed E-state index contributed by atoms with van der Waals surface area (Å²) in [6.07, 6.45) is 2.58. The van der Waals surface area contributed by atoms with Crippen LogP contribution in [0, 0.1) is 0 Å². The standard InChI is InChI=1S/C13H14ClNO3S/c14-11-9-10(2-4-13(16)17)1-3-12(11)15-5-7-19(18)8-6-15/h1-4,9H,5-8H2,(H,16,17)/b4-2+. The van der Waals surface area contributed by atoms with Crippen molar-refractivity contribution in [1.82, 2.24) is 0 Å². The summed E-state index contributed by atoms with van der Waals surface area (Å²) in [4.78, 5) is 12.6. The summed E-state index contributed by atoms with van der Waals surface area (Å²) in [5.74, 6) is 0.340. The second-order valence-electron chi connectivity index (χ2n) is 4.22. The molecule has 0 spiro atoms. The number of rotatable bonds is 3. The van der Waals surface area contributed by atoms with E-state index in [0.29, 0.717) is 16.5 Å². The van der Waals surface area contributed by atoms with E-state index in [4.69, 9.17) is 16.7 Å². The molecule has 102 valence electrons. The van der Waals surface area contributed by atoms with Crippen molar-refractivity contribution in [3.05, 3.63) is 34.9 Å². The third kappa shape index (κ3) is 3.81. The summed E-state index contributed by atoms with van der Waals surface area (Å²) in [5, 5.41) is 9.15. The van der Waals surface area contributed by atoms with Gasteiger partial charge in [-0.25, -0.2) is 4.79 Å². The van der Waals surface area contributed by atoms with Gasteiger partial charge in [0, 0.05) is 41.5 Å². The summed E-state index contributed by atoms with van der Waals surface area (Å²) in [6.45, 7) is 1.47. The molecule has 0 radical (unpaired) electrons. The van der Waals surface area contributed by atoms with Crippen molar-refractivity contribution >= 4 is 40.1 Å². The number of benzene rings is 1. The predicted octanol–water partition coefficient (Wildman–Crippen LogP) is 2.01. The molecule has 0 unspecified atom stereocenters. The lowest BCUT2D eigenvalue weighted by Gasteiger charge is -2.29. The number of carboxylic acids is 1. The van der Waals surface area contributed by atoms with E-state index in [1.165, 1.54) is 6.08 Å². The highest BCUT2D eigenvalue weighted by atomic mass is 35.5. The van der Waals surface area contributed by atoms with Gasteiger partial charge < -0.3 is 10.0 Å². The Hall–Kier alpha value is -1.33. The van der Waals surface area contributed by atoms with Crippen LogP contribution in [0.4, 0.5) is 5.69 Å². The topological polar surface area (TPSA) is 57.6 Å². The summed E-state index contributed by atoms with van der Waals surface area (Å²) in [5.41, 5.74) is 1.66. The molecule has 1 aromatic carbocycles. The summed E-state index contributed by atoms with van der Waals surface area (Å²) < 4.78 is 11.3. The Balaban J connectivity index is 2.15. The first kappa shape index (κ1) is 14.1. The number of aliphatic carboxylic acids is 1. The number of halogens is 1. The molecule has 0 saturated carbocycles. The minimum atomic E-state index is -0.987. The maximum absolute atomic E-state index is 11.3. The van der Waals surface area contributed by atoms with Gasteiger partial charge in [0.25, 0.3) is 0 Å². The molecule has 1 heterocycles. The first-order chi connectivity index (χ1) is 9.06. The number of carboxylic acid groups (broad SMARTS) is 1. The largest absolute Gasteiger partial charge is 0.478 e. The van der Waals surface area contributed by atoms with Crippen LogP contribution in [-0.4, -0.2) is 39.9 Å². The molecule has 1 aliphatic rings. The molecule has 0 bridgehead atoms. The molecule has 6 heteroatoms. The third-order valence-corrected chi connectivity index (χ3v) is 4.49. The van der Waals surface area contributed by atoms with Crippen LogP contribution in [0.5, 0.6) is 0 Å². The van der Waals surface area contributed by atoms with E-state index < -0.39 is 16.8 Å². The van der Waals surface area contributed by atoms with E-state index in [-0.39, 0.29) is 0 Å². The van der Waals surface area contributed by atoms with Gasteiger partial charge in [-0.1, -0.05) is 17.7 Å². The first-order valence-electron chi connectivity index (χ1n) is 5.87. The number of hydrogen-bond acceptors (Lipinski definition) is 3. The lowest BCUT2D eigenvalue weighted by Crippen LogP contribution is -2.37. The van der Waals surface area contributed by atoms with Crippen LogP contribution in [0.3, 0.4) is 0 Å². The zero-order valence-electron chi connectivity index (χ0n) is 10.2. The zero-order valence-corrected chi connectivity index (χ0v) is 11.8. The molecule has 1 aliphatic heterocycles. The Morgan fingerprint density at radius 2 is 2.05 bits per heavy atom. The van der Waals surface area contributed by atoms with Gasteiger partial charge in [-0.2, -0.15) is 0 Å². The number of carbonyl (C=O) groups is 1. The van der Waals surface area contributed by atoms with E-state index in [2.05, 4.69) is 4.90 Å². The van der Waals surface area contributed by atoms with Crippen molar-refractivity contribution in [2.24, 2.45) is 0 Å². The lowest BCUT2D eigenvalue weighted by molar-refractivity contribution is -0.131. The summed E-state index contributed by atoms with van der Waals surface area (Å²) >= 11 is 6.22. The van der Waals surface area contributed by atoms with Crippen molar-refractivity contribution in [3.63, 3.8) is 0 Å². The quantitative estimate of drug-likeness (QED) is 0.868. The van der Waals surface area contributed by atoms with Gasteiger partial charge in [0.2, 0.25) is 0 Å².